The minimum atomic E-state index is -0.647. The number of hydrogen-bond acceptors (Lipinski definition) is 6. The summed E-state index contributed by atoms with van der Waals surface area (Å²) in [5, 5.41) is 7.97. The second-order valence-electron chi connectivity index (χ2n) is 5.76. The van der Waals surface area contributed by atoms with Crippen molar-refractivity contribution in [1.82, 2.24) is 0 Å². The lowest BCUT2D eigenvalue weighted by Crippen LogP contribution is -2.20. The van der Waals surface area contributed by atoms with E-state index < -0.39 is 11.8 Å². The molecular formula is C20H20ClFN2O4. The van der Waals surface area contributed by atoms with Gasteiger partial charge in [0, 0.05) is 11.1 Å². The van der Waals surface area contributed by atoms with E-state index in [1.54, 1.807) is 25.1 Å². The van der Waals surface area contributed by atoms with Gasteiger partial charge in [-0.1, -0.05) is 46.2 Å². The molecule has 0 amide bonds. The van der Waals surface area contributed by atoms with E-state index in [4.69, 9.17) is 26.0 Å². The molecule has 0 N–H and O–H groups in total. The van der Waals surface area contributed by atoms with Gasteiger partial charge in [-0.25, -0.2) is 9.18 Å². The van der Waals surface area contributed by atoms with Crippen LogP contribution in [0.25, 0.3) is 0 Å². The lowest BCUT2D eigenvalue weighted by Gasteiger charge is -2.13. The molecule has 0 aliphatic heterocycles. The van der Waals surface area contributed by atoms with Gasteiger partial charge in [0.05, 0.1) is 23.4 Å². The first-order valence-corrected chi connectivity index (χ1v) is 8.67. The van der Waals surface area contributed by atoms with Crippen molar-refractivity contribution in [2.45, 2.75) is 20.5 Å². The average molecular weight is 407 g/mol. The molecule has 6 nitrogen and oxygen atoms in total. The van der Waals surface area contributed by atoms with Crippen LogP contribution in [0.5, 0.6) is 0 Å². The fourth-order valence-electron chi connectivity index (χ4n) is 2.58. The van der Waals surface area contributed by atoms with Gasteiger partial charge < -0.3 is 14.4 Å². The third-order valence-corrected chi connectivity index (χ3v) is 4.28. The quantitative estimate of drug-likeness (QED) is 0.391. The monoisotopic (exact) mass is 406 g/mol. The van der Waals surface area contributed by atoms with Crippen molar-refractivity contribution >= 4 is 29.0 Å². The number of ether oxygens (including phenoxy) is 1. The van der Waals surface area contributed by atoms with E-state index in [2.05, 4.69) is 10.3 Å². The van der Waals surface area contributed by atoms with Crippen molar-refractivity contribution in [3.8, 4) is 0 Å². The molecule has 0 bridgehead atoms. The lowest BCUT2D eigenvalue weighted by molar-refractivity contribution is -0.132. The van der Waals surface area contributed by atoms with Gasteiger partial charge in [-0.15, -0.1) is 0 Å². The zero-order valence-corrected chi connectivity index (χ0v) is 16.7. The Balaban J connectivity index is 2.32. The Kier molecular flexibility index (Phi) is 7.52. The molecule has 0 radical (unpaired) electrons. The summed E-state index contributed by atoms with van der Waals surface area (Å²) in [5.74, 6) is -1.14. The SMILES string of the molecule is CO/N=C(/C(=O)OC)c1cccc(C)c1CO/N=C(\C)c1c(F)cccc1Cl. The van der Waals surface area contributed by atoms with Gasteiger partial charge in [0.25, 0.3) is 0 Å². The summed E-state index contributed by atoms with van der Waals surface area (Å²) in [6.07, 6.45) is 0. The molecular weight excluding hydrogens is 387 g/mol. The first-order valence-electron chi connectivity index (χ1n) is 8.30. The molecule has 0 spiro atoms. The fraction of sp³-hybridized carbons (Fsp3) is 0.250. The van der Waals surface area contributed by atoms with Crippen LogP contribution >= 0.6 is 11.6 Å². The molecule has 0 fully saturated rings. The van der Waals surface area contributed by atoms with Crippen molar-refractivity contribution in [3.05, 3.63) is 69.5 Å². The fourth-order valence-corrected chi connectivity index (χ4v) is 2.88. The highest BCUT2D eigenvalue weighted by Crippen LogP contribution is 2.21. The Labute approximate surface area is 167 Å². The van der Waals surface area contributed by atoms with Crippen LogP contribution in [-0.2, 0) is 25.8 Å². The van der Waals surface area contributed by atoms with Crippen molar-refractivity contribution in [3.63, 3.8) is 0 Å². The first-order chi connectivity index (χ1) is 13.4. The number of carbonyl (C=O) groups excluding carboxylic acids is 1. The molecule has 2 aromatic rings. The largest absolute Gasteiger partial charge is 0.464 e. The molecule has 28 heavy (non-hydrogen) atoms. The van der Waals surface area contributed by atoms with E-state index >= 15 is 0 Å². The van der Waals surface area contributed by atoms with E-state index in [1.165, 1.54) is 26.4 Å². The first kappa shape index (κ1) is 21.4. The van der Waals surface area contributed by atoms with Crippen molar-refractivity contribution < 1.29 is 23.6 Å². The molecule has 0 saturated carbocycles. The molecule has 0 aliphatic carbocycles. The number of oxime groups is 2. The van der Waals surface area contributed by atoms with Gasteiger partial charge in [0.1, 0.15) is 19.5 Å². The summed E-state index contributed by atoms with van der Waals surface area (Å²) in [6, 6.07) is 9.71. The summed E-state index contributed by atoms with van der Waals surface area (Å²) >= 11 is 6.04. The Morgan fingerprint density at radius 1 is 1.14 bits per heavy atom. The summed E-state index contributed by atoms with van der Waals surface area (Å²) in [4.78, 5) is 22.2. The number of nitrogens with zero attached hydrogens (tertiary/aromatic N) is 2. The topological polar surface area (TPSA) is 69.5 Å². The number of rotatable bonds is 7. The molecule has 0 aromatic heterocycles. The molecule has 8 heteroatoms. The van der Waals surface area contributed by atoms with E-state index in [1.807, 2.05) is 13.0 Å². The van der Waals surface area contributed by atoms with Crippen LogP contribution in [0.1, 0.15) is 29.2 Å². The summed E-state index contributed by atoms with van der Waals surface area (Å²) in [6.45, 7) is 3.47. The standard InChI is InChI=1S/C20H20ClFN2O4/c1-12-7-5-8-14(19(24-27-4)20(25)26-3)15(12)11-28-23-13(2)18-16(21)9-6-10-17(18)22/h5-10H,11H2,1-4H3/b23-13+,24-19+. The molecule has 0 aliphatic rings. The van der Waals surface area contributed by atoms with Gasteiger partial charge in [-0.2, -0.15) is 0 Å². The maximum absolute atomic E-state index is 14.0. The van der Waals surface area contributed by atoms with Crippen LogP contribution in [-0.4, -0.2) is 31.6 Å². The van der Waals surface area contributed by atoms with Crippen molar-refractivity contribution in [1.29, 1.82) is 0 Å². The number of benzene rings is 2. The number of esters is 1. The second-order valence-corrected chi connectivity index (χ2v) is 6.17. The summed E-state index contributed by atoms with van der Waals surface area (Å²) in [7, 11) is 2.59. The van der Waals surface area contributed by atoms with Gasteiger partial charge >= 0.3 is 5.97 Å². The van der Waals surface area contributed by atoms with Crippen molar-refractivity contribution in [2.75, 3.05) is 14.2 Å². The molecule has 2 aromatic carbocycles. The predicted octanol–water partition coefficient (Wildman–Crippen LogP) is 4.25. The lowest BCUT2D eigenvalue weighted by atomic mass is 9.99. The van der Waals surface area contributed by atoms with E-state index in [9.17, 15) is 9.18 Å². The highest BCUT2D eigenvalue weighted by molar-refractivity contribution is 6.43. The third kappa shape index (κ3) is 4.86. The molecule has 0 unspecified atom stereocenters. The van der Waals surface area contributed by atoms with Gasteiger partial charge in [-0.3, -0.25) is 0 Å². The number of aryl methyl sites for hydroxylation is 1. The molecule has 2 rings (SSSR count). The molecule has 148 valence electrons. The summed E-state index contributed by atoms with van der Waals surface area (Å²) < 4.78 is 18.8. The van der Waals surface area contributed by atoms with Crippen LogP contribution in [0.2, 0.25) is 5.02 Å². The van der Waals surface area contributed by atoms with Gasteiger partial charge in [-0.05, 0) is 31.5 Å². The Bertz CT molecular complexity index is 908. The Morgan fingerprint density at radius 2 is 1.86 bits per heavy atom. The molecule has 0 saturated heterocycles. The number of carbonyl (C=O) groups is 1. The Hall–Kier alpha value is -2.93. The zero-order chi connectivity index (χ0) is 20.7. The molecule has 0 heterocycles. The van der Waals surface area contributed by atoms with E-state index in [0.717, 1.165) is 5.56 Å². The Morgan fingerprint density at radius 3 is 2.50 bits per heavy atom. The van der Waals surface area contributed by atoms with E-state index in [0.29, 0.717) is 11.1 Å². The maximum Gasteiger partial charge on any atom is 0.360 e. The number of halogens is 2. The van der Waals surface area contributed by atoms with Crippen LogP contribution < -0.4 is 0 Å². The predicted molar refractivity (Wildman–Crippen MR) is 105 cm³/mol. The normalized spacial score (nSPS) is 11.9. The van der Waals surface area contributed by atoms with Crippen LogP contribution in [0.4, 0.5) is 4.39 Å². The number of methoxy groups -OCH3 is 1. The highest BCUT2D eigenvalue weighted by Gasteiger charge is 2.21. The van der Waals surface area contributed by atoms with Gasteiger partial charge in [0.15, 0.2) is 5.71 Å². The van der Waals surface area contributed by atoms with Crippen LogP contribution in [0.15, 0.2) is 46.7 Å². The van der Waals surface area contributed by atoms with Crippen LogP contribution in [0, 0.1) is 12.7 Å². The third-order valence-electron chi connectivity index (χ3n) is 3.96. The van der Waals surface area contributed by atoms with Crippen molar-refractivity contribution in [2.24, 2.45) is 10.3 Å². The smallest absolute Gasteiger partial charge is 0.360 e. The zero-order valence-electron chi connectivity index (χ0n) is 16.0. The minimum Gasteiger partial charge on any atom is -0.464 e. The average Bonchev–Trinajstić information content (AvgIpc) is 2.66. The summed E-state index contributed by atoms with van der Waals surface area (Å²) in [5.41, 5.74) is 2.47. The second kappa shape index (κ2) is 9.85. The number of hydrogen-bond donors (Lipinski definition) is 0. The van der Waals surface area contributed by atoms with Crippen LogP contribution in [0.3, 0.4) is 0 Å². The van der Waals surface area contributed by atoms with Gasteiger partial charge in [0.2, 0.25) is 0 Å². The minimum absolute atomic E-state index is 0.00477. The molecule has 0 atom stereocenters. The highest BCUT2D eigenvalue weighted by atomic mass is 35.5. The van der Waals surface area contributed by atoms with E-state index in [-0.39, 0.29) is 28.6 Å². The maximum atomic E-state index is 14.0.